The number of aliphatic imine (C=N–C) groups is 1. The fourth-order valence-electron chi connectivity index (χ4n) is 4.07. The minimum atomic E-state index is -0.193. The Kier molecular flexibility index (Phi) is 8.94. The highest BCUT2D eigenvalue weighted by Gasteiger charge is 2.40. The second kappa shape index (κ2) is 9.94. The van der Waals surface area contributed by atoms with E-state index in [2.05, 4.69) is 42.9 Å². The minimum Gasteiger partial charge on any atom is -0.381 e. The van der Waals surface area contributed by atoms with Crippen molar-refractivity contribution in [1.29, 1.82) is 0 Å². The van der Waals surface area contributed by atoms with Crippen molar-refractivity contribution in [3.05, 3.63) is 0 Å². The zero-order valence-electron chi connectivity index (χ0n) is 16.4. The summed E-state index contributed by atoms with van der Waals surface area (Å²) in [6, 6.07) is 0.221. The zero-order chi connectivity index (χ0) is 17.7. The third-order valence-corrected chi connectivity index (χ3v) is 5.03. The van der Waals surface area contributed by atoms with Crippen molar-refractivity contribution in [2.75, 3.05) is 39.9 Å². The number of carbonyl (C=O) groups excluding carboxylic acids is 1. The van der Waals surface area contributed by atoms with Crippen molar-refractivity contribution in [2.24, 2.45) is 10.9 Å². The van der Waals surface area contributed by atoms with E-state index < -0.39 is 0 Å². The minimum absolute atomic E-state index is 0. The number of hydrogen-bond acceptors (Lipinski definition) is 3. The van der Waals surface area contributed by atoms with Crippen LogP contribution in [0.1, 0.15) is 47.0 Å². The van der Waals surface area contributed by atoms with Gasteiger partial charge in [0, 0.05) is 39.4 Å². The average molecular weight is 466 g/mol. The first-order chi connectivity index (χ1) is 11.3. The molecule has 0 saturated carbocycles. The maximum absolute atomic E-state index is 12.6. The number of ether oxygens (including phenoxy) is 1. The van der Waals surface area contributed by atoms with Gasteiger partial charge in [-0.05, 0) is 52.9 Å². The van der Waals surface area contributed by atoms with Gasteiger partial charge >= 0.3 is 0 Å². The van der Waals surface area contributed by atoms with E-state index >= 15 is 0 Å². The molecule has 2 saturated heterocycles. The number of rotatable bonds is 4. The molecule has 2 heterocycles. The number of amides is 1. The lowest BCUT2D eigenvalue weighted by Crippen LogP contribution is -2.66. The summed E-state index contributed by atoms with van der Waals surface area (Å²) in [4.78, 5) is 21.1. The lowest BCUT2D eigenvalue weighted by molar-refractivity contribution is -0.145. The van der Waals surface area contributed by atoms with E-state index in [4.69, 9.17) is 4.74 Å². The lowest BCUT2D eigenvalue weighted by atomic mass is 9.96. The van der Waals surface area contributed by atoms with Crippen LogP contribution in [0.2, 0.25) is 0 Å². The standard InChI is InChI=1S/C18H34N4O2.HI/c1-14(2)22-16(23)12-21(13-18(22,3)4)17(19-5)20-9-6-15-7-10-24-11-8-15;/h14-15H,6-13H2,1-5H3,(H,19,20);1H. The van der Waals surface area contributed by atoms with Gasteiger partial charge in [-0.2, -0.15) is 0 Å². The first-order valence-electron chi connectivity index (χ1n) is 9.20. The number of halogens is 1. The number of piperazine rings is 1. The smallest absolute Gasteiger partial charge is 0.242 e. The second-order valence-corrected chi connectivity index (χ2v) is 7.84. The fourth-order valence-corrected chi connectivity index (χ4v) is 4.07. The number of carbonyl (C=O) groups is 1. The predicted molar refractivity (Wildman–Crippen MR) is 113 cm³/mol. The van der Waals surface area contributed by atoms with E-state index in [1.165, 1.54) is 0 Å². The van der Waals surface area contributed by atoms with Crippen molar-refractivity contribution in [3.63, 3.8) is 0 Å². The molecular formula is C18H35IN4O2. The van der Waals surface area contributed by atoms with Gasteiger partial charge < -0.3 is 19.9 Å². The zero-order valence-corrected chi connectivity index (χ0v) is 18.7. The van der Waals surface area contributed by atoms with Crippen LogP contribution in [-0.2, 0) is 9.53 Å². The third-order valence-electron chi connectivity index (χ3n) is 5.03. The average Bonchev–Trinajstić information content (AvgIpc) is 2.50. The Morgan fingerprint density at radius 2 is 2.00 bits per heavy atom. The molecule has 1 amide bonds. The van der Waals surface area contributed by atoms with Crippen LogP contribution in [0, 0.1) is 5.92 Å². The predicted octanol–water partition coefficient (Wildman–Crippen LogP) is 2.33. The summed E-state index contributed by atoms with van der Waals surface area (Å²) >= 11 is 0. The summed E-state index contributed by atoms with van der Waals surface area (Å²) in [5, 5.41) is 3.45. The van der Waals surface area contributed by atoms with Crippen LogP contribution in [0.4, 0.5) is 0 Å². The molecule has 0 aromatic rings. The van der Waals surface area contributed by atoms with Gasteiger partial charge in [-0.25, -0.2) is 0 Å². The molecule has 0 bridgehead atoms. The van der Waals surface area contributed by atoms with Crippen LogP contribution in [0.5, 0.6) is 0 Å². The molecule has 2 rings (SSSR count). The van der Waals surface area contributed by atoms with E-state index in [-0.39, 0.29) is 41.5 Å². The van der Waals surface area contributed by atoms with Gasteiger partial charge in [-0.3, -0.25) is 9.79 Å². The van der Waals surface area contributed by atoms with Gasteiger partial charge in [0.1, 0.15) is 0 Å². The highest BCUT2D eigenvalue weighted by molar-refractivity contribution is 14.0. The van der Waals surface area contributed by atoms with Crippen LogP contribution >= 0.6 is 24.0 Å². The number of nitrogens with zero attached hydrogens (tertiary/aromatic N) is 3. The summed E-state index contributed by atoms with van der Waals surface area (Å²) in [6.07, 6.45) is 3.43. The van der Waals surface area contributed by atoms with Crippen LogP contribution in [0.25, 0.3) is 0 Å². The Morgan fingerprint density at radius 1 is 1.36 bits per heavy atom. The monoisotopic (exact) mass is 466 g/mol. The molecule has 0 spiro atoms. The van der Waals surface area contributed by atoms with Crippen molar-refractivity contribution < 1.29 is 9.53 Å². The largest absolute Gasteiger partial charge is 0.381 e. The van der Waals surface area contributed by atoms with E-state index in [0.717, 1.165) is 57.4 Å². The second-order valence-electron chi connectivity index (χ2n) is 7.84. The van der Waals surface area contributed by atoms with Gasteiger partial charge in [-0.15, -0.1) is 24.0 Å². The maximum atomic E-state index is 12.6. The molecule has 1 N–H and O–H groups in total. The molecule has 6 nitrogen and oxygen atoms in total. The van der Waals surface area contributed by atoms with E-state index in [9.17, 15) is 4.79 Å². The van der Waals surface area contributed by atoms with Crippen molar-refractivity contribution in [1.82, 2.24) is 15.1 Å². The molecule has 0 atom stereocenters. The summed E-state index contributed by atoms with van der Waals surface area (Å²) in [5.41, 5.74) is -0.193. The summed E-state index contributed by atoms with van der Waals surface area (Å²) in [7, 11) is 1.79. The molecule has 146 valence electrons. The van der Waals surface area contributed by atoms with Crippen molar-refractivity contribution in [2.45, 2.75) is 58.5 Å². The molecular weight excluding hydrogens is 431 g/mol. The molecule has 2 aliphatic rings. The van der Waals surface area contributed by atoms with Gasteiger partial charge in [-0.1, -0.05) is 0 Å². The number of nitrogens with one attached hydrogen (secondary N) is 1. The molecule has 7 heteroatoms. The highest BCUT2D eigenvalue weighted by Crippen LogP contribution is 2.24. The van der Waals surface area contributed by atoms with Gasteiger partial charge in [0.05, 0.1) is 12.1 Å². The number of guanidine groups is 1. The summed E-state index contributed by atoms with van der Waals surface area (Å²) < 4.78 is 5.41. The van der Waals surface area contributed by atoms with Crippen molar-refractivity contribution in [3.8, 4) is 0 Å². The van der Waals surface area contributed by atoms with Crippen molar-refractivity contribution >= 4 is 35.8 Å². The van der Waals surface area contributed by atoms with E-state index in [1.807, 2.05) is 4.90 Å². The normalized spacial score (nSPS) is 22.2. The first-order valence-corrected chi connectivity index (χ1v) is 9.20. The SMILES string of the molecule is CN=C(NCCC1CCOCC1)N1CC(=O)N(C(C)C)C(C)(C)C1.I. The van der Waals surface area contributed by atoms with Crippen LogP contribution in [0.15, 0.2) is 4.99 Å². The van der Waals surface area contributed by atoms with Gasteiger partial charge in [0.25, 0.3) is 0 Å². The molecule has 2 aliphatic heterocycles. The fraction of sp³-hybridized carbons (Fsp3) is 0.889. The topological polar surface area (TPSA) is 57.2 Å². The molecule has 2 fully saturated rings. The molecule has 0 unspecified atom stereocenters. The Balaban J connectivity index is 0.00000312. The molecule has 0 radical (unpaired) electrons. The van der Waals surface area contributed by atoms with E-state index in [1.54, 1.807) is 7.05 Å². The highest BCUT2D eigenvalue weighted by atomic mass is 127. The molecule has 0 aromatic heterocycles. The third kappa shape index (κ3) is 5.98. The van der Waals surface area contributed by atoms with Gasteiger partial charge in [0.2, 0.25) is 5.91 Å². The summed E-state index contributed by atoms with van der Waals surface area (Å²) in [5.74, 6) is 1.75. The van der Waals surface area contributed by atoms with Gasteiger partial charge in [0.15, 0.2) is 5.96 Å². The lowest BCUT2D eigenvalue weighted by Gasteiger charge is -2.49. The quantitative estimate of drug-likeness (QED) is 0.393. The van der Waals surface area contributed by atoms with Crippen LogP contribution in [-0.4, -0.2) is 73.1 Å². The van der Waals surface area contributed by atoms with Crippen LogP contribution in [0.3, 0.4) is 0 Å². The molecule has 0 aliphatic carbocycles. The molecule has 25 heavy (non-hydrogen) atoms. The number of hydrogen-bond donors (Lipinski definition) is 1. The maximum Gasteiger partial charge on any atom is 0.242 e. The Labute approximate surface area is 169 Å². The Hall–Kier alpha value is -0.570. The Morgan fingerprint density at radius 3 is 2.52 bits per heavy atom. The molecule has 0 aromatic carbocycles. The Bertz CT molecular complexity index is 462. The summed E-state index contributed by atoms with van der Waals surface area (Å²) in [6.45, 7) is 12.3. The van der Waals surface area contributed by atoms with Crippen LogP contribution < -0.4 is 5.32 Å². The van der Waals surface area contributed by atoms with E-state index in [0.29, 0.717) is 6.54 Å². The first kappa shape index (κ1) is 22.5.